The van der Waals surface area contributed by atoms with Crippen LogP contribution in [0.1, 0.15) is 16.8 Å². The molecule has 0 saturated heterocycles. The van der Waals surface area contributed by atoms with Gasteiger partial charge in [0.05, 0.1) is 0 Å². The van der Waals surface area contributed by atoms with Crippen molar-refractivity contribution in [3.8, 4) is 0 Å². The number of thiophene rings is 1. The van der Waals surface area contributed by atoms with Crippen LogP contribution in [-0.4, -0.2) is 13.4 Å². The summed E-state index contributed by atoms with van der Waals surface area (Å²) in [6.45, 7) is 4.04. The van der Waals surface area contributed by atoms with Gasteiger partial charge in [-0.05, 0) is 48.6 Å². The van der Waals surface area contributed by atoms with Gasteiger partial charge in [0.1, 0.15) is 10.0 Å². The Hall–Kier alpha value is -1.44. The second kappa shape index (κ2) is 5.28. The van der Waals surface area contributed by atoms with E-state index in [-0.39, 0.29) is 4.21 Å². The maximum absolute atomic E-state index is 12.2. The lowest BCUT2D eigenvalue weighted by molar-refractivity contribution is 0.603. The predicted octanol–water partition coefficient (Wildman–Crippen LogP) is 2.02. The highest BCUT2D eigenvalue weighted by Crippen LogP contribution is 2.22. The zero-order valence-electron chi connectivity index (χ0n) is 10.7. The average molecular weight is 297 g/mol. The minimum Gasteiger partial charge on any atom is -0.326 e. The molecule has 0 aliphatic rings. The Labute approximate surface area is 116 Å². The third kappa shape index (κ3) is 3.31. The van der Waals surface area contributed by atoms with Crippen LogP contribution in [0.4, 0.5) is 5.82 Å². The second-order valence-electron chi connectivity index (χ2n) is 4.25. The number of rotatable bonds is 4. The van der Waals surface area contributed by atoms with Crippen LogP contribution in [0, 0.1) is 13.8 Å². The number of nitrogens with zero attached hydrogens (tertiary/aromatic N) is 1. The normalized spacial score (nSPS) is 11.5. The molecule has 0 aromatic carbocycles. The van der Waals surface area contributed by atoms with Crippen LogP contribution in [0.5, 0.6) is 0 Å². The van der Waals surface area contributed by atoms with Gasteiger partial charge in [0.15, 0.2) is 0 Å². The van der Waals surface area contributed by atoms with Gasteiger partial charge in [-0.2, -0.15) is 0 Å². The number of pyridine rings is 1. The molecule has 0 aliphatic heterocycles. The van der Waals surface area contributed by atoms with Crippen molar-refractivity contribution < 1.29 is 8.42 Å². The Morgan fingerprint density at radius 1 is 1.32 bits per heavy atom. The van der Waals surface area contributed by atoms with E-state index in [0.29, 0.717) is 12.4 Å². The first-order valence-corrected chi connectivity index (χ1v) is 8.02. The Kier molecular flexibility index (Phi) is 3.88. The molecule has 0 aliphatic carbocycles. The molecule has 0 bridgehead atoms. The quantitative estimate of drug-likeness (QED) is 0.904. The topological polar surface area (TPSA) is 85.1 Å². The molecule has 19 heavy (non-hydrogen) atoms. The minimum absolute atomic E-state index is 0.244. The van der Waals surface area contributed by atoms with Crippen LogP contribution in [0.3, 0.4) is 0 Å². The van der Waals surface area contributed by atoms with E-state index in [1.165, 1.54) is 0 Å². The fraction of sp³-hybridized carbons (Fsp3) is 0.250. The molecule has 0 radical (unpaired) electrons. The van der Waals surface area contributed by atoms with Crippen molar-refractivity contribution in [2.75, 3.05) is 4.72 Å². The van der Waals surface area contributed by atoms with Crippen LogP contribution < -0.4 is 10.5 Å². The standard InChI is InChI=1S/C12H15N3O2S2/c1-8-3-9(2)14-11(4-8)15-19(16,17)12-5-10(6-13)7-18-12/h3-5,7H,6,13H2,1-2H3,(H,14,15). The van der Waals surface area contributed by atoms with Gasteiger partial charge in [-0.25, -0.2) is 13.4 Å². The van der Waals surface area contributed by atoms with Crippen molar-refractivity contribution in [3.63, 3.8) is 0 Å². The lowest BCUT2D eigenvalue weighted by Gasteiger charge is -2.07. The molecular formula is C12H15N3O2S2. The number of hydrogen-bond acceptors (Lipinski definition) is 5. The molecule has 0 unspecified atom stereocenters. The number of nitrogens with two attached hydrogens (primary N) is 1. The van der Waals surface area contributed by atoms with Gasteiger partial charge in [0, 0.05) is 12.2 Å². The summed E-state index contributed by atoms with van der Waals surface area (Å²) in [5.74, 6) is 0.334. The molecule has 0 spiro atoms. The second-order valence-corrected chi connectivity index (χ2v) is 7.08. The van der Waals surface area contributed by atoms with Crippen molar-refractivity contribution in [2.24, 2.45) is 5.73 Å². The van der Waals surface area contributed by atoms with Crippen molar-refractivity contribution in [1.82, 2.24) is 4.98 Å². The van der Waals surface area contributed by atoms with Gasteiger partial charge in [-0.3, -0.25) is 4.72 Å². The lowest BCUT2D eigenvalue weighted by Crippen LogP contribution is -2.13. The van der Waals surface area contributed by atoms with E-state index < -0.39 is 10.0 Å². The van der Waals surface area contributed by atoms with E-state index in [0.717, 1.165) is 28.2 Å². The van der Waals surface area contributed by atoms with Crippen LogP contribution in [-0.2, 0) is 16.6 Å². The summed E-state index contributed by atoms with van der Waals surface area (Å²) in [6.07, 6.45) is 0. The van der Waals surface area contributed by atoms with Crippen molar-refractivity contribution in [3.05, 3.63) is 40.4 Å². The maximum atomic E-state index is 12.2. The number of hydrogen-bond donors (Lipinski definition) is 2. The third-order valence-electron chi connectivity index (χ3n) is 2.47. The highest BCUT2D eigenvalue weighted by molar-refractivity contribution is 7.94. The molecule has 2 aromatic rings. The van der Waals surface area contributed by atoms with Crippen molar-refractivity contribution in [1.29, 1.82) is 0 Å². The summed E-state index contributed by atoms with van der Waals surface area (Å²) in [5.41, 5.74) is 8.01. The molecule has 2 rings (SSSR count). The average Bonchev–Trinajstić information content (AvgIpc) is 2.75. The summed E-state index contributed by atoms with van der Waals surface area (Å²) in [4.78, 5) is 4.16. The van der Waals surface area contributed by atoms with Crippen molar-refractivity contribution >= 4 is 27.2 Å². The molecular weight excluding hydrogens is 282 g/mol. The summed E-state index contributed by atoms with van der Waals surface area (Å²) in [7, 11) is -3.59. The SMILES string of the molecule is Cc1cc(C)nc(NS(=O)(=O)c2cc(CN)cs2)c1. The monoisotopic (exact) mass is 297 g/mol. The minimum atomic E-state index is -3.59. The van der Waals surface area contributed by atoms with Gasteiger partial charge in [0.2, 0.25) is 0 Å². The first-order valence-electron chi connectivity index (χ1n) is 5.66. The highest BCUT2D eigenvalue weighted by atomic mass is 32.2. The molecule has 0 atom stereocenters. The highest BCUT2D eigenvalue weighted by Gasteiger charge is 2.17. The number of anilines is 1. The lowest BCUT2D eigenvalue weighted by atomic mass is 10.2. The molecule has 2 heterocycles. The number of aryl methyl sites for hydroxylation is 2. The Balaban J connectivity index is 2.30. The molecule has 2 aromatic heterocycles. The van der Waals surface area contributed by atoms with Gasteiger partial charge in [-0.15, -0.1) is 11.3 Å². The van der Waals surface area contributed by atoms with E-state index in [4.69, 9.17) is 5.73 Å². The van der Waals surface area contributed by atoms with E-state index >= 15 is 0 Å². The van der Waals surface area contributed by atoms with Gasteiger partial charge in [-0.1, -0.05) is 0 Å². The molecule has 0 amide bonds. The number of nitrogens with one attached hydrogen (secondary N) is 1. The first kappa shape index (κ1) is 14.0. The Morgan fingerprint density at radius 3 is 2.63 bits per heavy atom. The van der Waals surface area contributed by atoms with E-state index in [1.807, 2.05) is 19.9 Å². The van der Waals surface area contributed by atoms with Crippen LogP contribution in [0.2, 0.25) is 0 Å². The largest absolute Gasteiger partial charge is 0.326 e. The van der Waals surface area contributed by atoms with E-state index in [2.05, 4.69) is 9.71 Å². The van der Waals surface area contributed by atoms with Crippen LogP contribution >= 0.6 is 11.3 Å². The summed E-state index contributed by atoms with van der Waals surface area (Å²) >= 11 is 1.15. The van der Waals surface area contributed by atoms with Crippen molar-refractivity contribution in [2.45, 2.75) is 24.6 Å². The van der Waals surface area contributed by atoms with Gasteiger partial charge >= 0.3 is 0 Å². The smallest absolute Gasteiger partial charge is 0.272 e. The molecule has 0 saturated carbocycles. The Morgan fingerprint density at radius 2 is 2.05 bits per heavy atom. The van der Waals surface area contributed by atoms with E-state index in [1.54, 1.807) is 17.5 Å². The fourth-order valence-electron chi connectivity index (χ4n) is 1.68. The zero-order valence-corrected chi connectivity index (χ0v) is 12.3. The molecule has 5 nitrogen and oxygen atoms in total. The summed E-state index contributed by atoms with van der Waals surface area (Å²) in [6, 6.07) is 5.16. The molecule has 102 valence electrons. The first-order chi connectivity index (χ1) is 8.90. The molecule has 0 fully saturated rings. The van der Waals surface area contributed by atoms with Gasteiger partial charge < -0.3 is 5.73 Å². The van der Waals surface area contributed by atoms with Crippen LogP contribution in [0.15, 0.2) is 27.8 Å². The summed E-state index contributed by atoms with van der Waals surface area (Å²) in [5, 5.41) is 1.74. The number of sulfonamides is 1. The molecule has 7 heteroatoms. The maximum Gasteiger partial charge on any atom is 0.272 e. The Bertz CT molecular complexity index is 673. The molecule has 3 N–H and O–H groups in total. The zero-order chi connectivity index (χ0) is 14.0. The third-order valence-corrected chi connectivity index (χ3v) is 5.31. The predicted molar refractivity (Wildman–Crippen MR) is 76.7 cm³/mol. The summed E-state index contributed by atoms with van der Waals surface area (Å²) < 4.78 is 27.1. The fourth-order valence-corrected chi connectivity index (χ4v) is 3.90. The number of aromatic nitrogens is 1. The van der Waals surface area contributed by atoms with E-state index in [9.17, 15) is 8.42 Å². The van der Waals surface area contributed by atoms with Gasteiger partial charge in [0.25, 0.3) is 10.0 Å². The van der Waals surface area contributed by atoms with Crippen LogP contribution in [0.25, 0.3) is 0 Å².